The largest absolute Gasteiger partial charge is 0.493 e. The van der Waals surface area contributed by atoms with E-state index >= 15 is 0 Å². The molecule has 2 aromatic carbocycles. The normalized spacial score (nSPS) is 10.9. The van der Waals surface area contributed by atoms with Crippen molar-refractivity contribution in [3.8, 4) is 17.6 Å². The van der Waals surface area contributed by atoms with Crippen LogP contribution in [0.4, 0.5) is 5.13 Å². The van der Waals surface area contributed by atoms with Crippen LogP contribution in [0.1, 0.15) is 16.0 Å². The lowest BCUT2D eigenvalue weighted by Gasteiger charge is -2.08. The third kappa shape index (κ3) is 5.47. The number of nitrogens with zero attached hydrogens (tertiary/aromatic N) is 2. The fourth-order valence-electron chi connectivity index (χ4n) is 2.67. The Kier molecular flexibility index (Phi) is 7.22. The average Bonchev–Trinajstić information content (AvgIpc) is 3.19. The van der Waals surface area contributed by atoms with Crippen molar-refractivity contribution in [1.29, 1.82) is 5.26 Å². The Hall–Kier alpha value is -3.15. The molecule has 0 spiro atoms. The predicted octanol–water partition coefficient (Wildman–Crippen LogP) is 5.06. The molecule has 3 aromatic rings. The summed E-state index contributed by atoms with van der Waals surface area (Å²) in [7, 11) is 3.07. The first-order valence-electron chi connectivity index (χ1n) is 8.86. The number of carbonyl (C=O) groups excluding carboxylic acids is 1. The quantitative estimate of drug-likeness (QED) is 0.375. The van der Waals surface area contributed by atoms with Gasteiger partial charge < -0.3 is 9.47 Å². The van der Waals surface area contributed by atoms with Gasteiger partial charge in [-0.2, -0.15) is 5.26 Å². The van der Waals surface area contributed by atoms with E-state index in [1.807, 2.05) is 30.3 Å². The third-order valence-electron chi connectivity index (χ3n) is 4.15. The van der Waals surface area contributed by atoms with Crippen LogP contribution in [-0.4, -0.2) is 25.1 Å². The zero-order valence-corrected chi connectivity index (χ0v) is 18.7. The maximum atomic E-state index is 12.5. The van der Waals surface area contributed by atoms with Crippen LogP contribution in [0.3, 0.4) is 0 Å². The molecule has 1 heterocycles. The summed E-state index contributed by atoms with van der Waals surface area (Å²) in [6, 6.07) is 15.1. The molecule has 8 heteroatoms. The Morgan fingerprint density at radius 2 is 1.93 bits per heavy atom. The van der Waals surface area contributed by atoms with E-state index in [2.05, 4.69) is 26.2 Å². The fourth-order valence-corrected chi connectivity index (χ4v) is 3.78. The number of nitriles is 1. The highest BCUT2D eigenvalue weighted by molar-refractivity contribution is 9.10. The number of anilines is 1. The molecule has 152 valence electrons. The molecule has 0 atom stereocenters. The summed E-state index contributed by atoms with van der Waals surface area (Å²) >= 11 is 4.80. The molecule has 3 rings (SSSR count). The molecule has 0 saturated carbocycles. The standard InChI is InChI=1S/C22H18BrN3O3S/c1-28-19-8-5-15(11-20(19)29-2)9-16(12-24)21(27)26-22-25-13-18(30-22)10-14-3-6-17(23)7-4-14/h3-9,11,13H,10H2,1-2H3,(H,25,26,27)/b16-9-. The van der Waals surface area contributed by atoms with E-state index in [1.165, 1.54) is 24.5 Å². The molecular formula is C22H18BrN3O3S. The van der Waals surface area contributed by atoms with Crippen LogP contribution in [0, 0.1) is 11.3 Å². The van der Waals surface area contributed by atoms with E-state index in [1.54, 1.807) is 31.5 Å². The van der Waals surface area contributed by atoms with E-state index < -0.39 is 5.91 Å². The molecule has 0 fully saturated rings. The number of thiazole rings is 1. The molecule has 0 aliphatic carbocycles. The lowest BCUT2D eigenvalue weighted by atomic mass is 10.1. The van der Waals surface area contributed by atoms with Crippen molar-refractivity contribution in [2.45, 2.75) is 6.42 Å². The second-order valence-electron chi connectivity index (χ2n) is 6.17. The minimum atomic E-state index is -0.517. The third-order valence-corrected chi connectivity index (χ3v) is 5.59. The van der Waals surface area contributed by atoms with Crippen molar-refractivity contribution in [3.63, 3.8) is 0 Å². The van der Waals surface area contributed by atoms with Crippen LogP contribution < -0.4 is 14.8 Å². The van der Waals surface area contributed by atoms with Crippen LogP contribution in [0.5, 0.6) is 11.5 Å². The molecule has 0 unspecified atom stereocenters. The number of nitrogens with one attached hydrogen (secondary N) is 1. The Labute approximate surface area is 186 Å². The molecule has 1 amide bonds. The number of amides is 1. The van der Waals surface area contributed by atoms with Gasteiger partial charge in [0.05, 0.1) is 14.2 Å². The van der Waals surface area contributed by atoms with Crippen molar-refractivity contribution in [3.05, 3.63) is 74.7 Å². The van der Waals surface area contributed by atoms with Gasteiger partial charge in [0.1, 0.15) is 11.6 Å². The van der Waals surface area contributed by atoms with Gasteiger partial charge in [0.25, 0.3) is 5.91 Å². The van der Waals surface area contributed by atoms with Crippen molar-refractivity contribution >= 4 is 44.4 Å². The molecule has 1 aromatic heterocycles. The highest BCUT2D eigenvalue weighted by Gasteiger charge is 2.13. The molecule has 0 bridgehead atoms. The van der Waals surface area contributed by atoms with E-state index in [4.69, 9.17) is 9.47 Å². The predicted molar refractivity (Wildman–Crippen MR) is 121 cm³/mol. The molecule has 1 N–H and O–H groups in total. The van der Waals surface area contributed by atoms with Gasteiger partial charge in [0.2, 0.25) is 0 Å². The van der Waals surface area contributed by atoms with Crippen molar-refractivity contribution in [2.24, 2.45) is 0 Å². The molecule has 30 heavy (non-hydrogen) atoms. The Morgan fingerprint density at radius 3 is 2.60 bits per heavy atom. The summed E-state index contributed by atoms with van der Waals surface area (Å²) in [4.78, 5) is 17.8. The summed E-state index contributed by atoms with van der Waals surface area (Å²) in [5.41, 5.74) is 1.76. The maximum Gasteiger partial charge on any atom is 0.268 e. The Bertz CT molecular complexity index is 1120. The molecule has 0 saturated heterocycles. The van der Waals surface area contributed by atoms with Crippen LogP contribution in [0.15, 0.2) is 58.7 Å². The zero-order chi connectivity index (χ0) is 21.5. The van der Waals surface area contributed by atoms with Gasteiger partial charge in [-0.3, -0.25) is 10.1 Å². The topological polar surface area (TPSA) is 84.2 Å². The lowest BCUT2D eigenvalue weighted by Crippen LogP contribution is -2.13. The first-order chi connectivity index (χ1) is 14.5. The number of ether oxygens (including phenoxy) is 2. The second-order valence-corrected chi connectivity index (χ2v) is 8.20. The van der Waals surface area contributed by atoms with Crippen LogP contribution in [-0.2, 0) is 11.2 Å². The van der Waals surface area contributed by atoms with Gasteiger partial charge in [-0.25, -0.2) is 4.98 Å². The van der Waals surface area contributed by atoms with Gasteiger partial charge in [-0.1, -0.05) is 34.1 Å². The summed E-state index contributed by atoms with van der Waals surface area (Å²) in [5.74, 6) is 0.567. The summed E-state index contributed by atoms with van der Waals surface area (Å²) in [6.45, 7) is 0. The minimum Gasteiger partial charge on any atom is -0.493 e. The maximum absolute atomic E-state index is 12.5. The first kappa shape index (κ1) is 21.6. The van der Waals surface area contributed by atoms with E-state index in [9.17, 15) is 10.1 Å². The Balaban J connectivity index is 1.71. The second kappa shape index (κ2) is 10.1. The molecule has 0 aliphatic heterocycles. The van der Waals surface area contributed by atoms with Gasteiger partial charge >= 0.3 is 0 Å². The lowest BCUT2D eigenvalue weighted by molar-refractivity contribution is -0.112. The monoisotopic (exact) mass is 483 g/mol. The zero-order valence-electron chi connectivity index (χ0n) is 16.3. The minimum absolute atomic E-state index is 0.0353. The van der Waals surface area contributed by atoms with Gasteiger partial charge in [-0.15, -0.1) is 11.3 Å². The number of carbonyl (C=O) groups is 1. The van der Waals surface area contributed by atoms with E-state index in [0.717, 1.165) is 14.9 Å². The van der Waals surface area contributed by atoms with Crippen molar-refractivity contribution in [1.82, 2.24) is 4.98 Å². The number of methoxy groups -OCH3 is 2. The number of halogens is 1. The molecular weight excluding hydrogens is 466 g/mol. The van der Waals surface area contributed by atoms with Crippen LogP contribution in [0.2, 0.25) is 0 Å². The smallest absolute Gasteiger partial charge is 0.268 e. The number of rotatable bonds is 7. The SMILES string of the molecule is COc1ccc(/C=C(/C#N)C(=O)Nc2ncc(Cc3ccc(Br)cc3)s2)cc1OC. The molecule has 0 aliphatic rings. The van der Waals surface area contributed by atoms with Gasteiger partial charge in [-0.05, 0) is 41.5 Å². The fraction of sp³-hybridized carbons (Fsp3) is 0.136. The van der Waals surface area contributed by atoms with E-state index in [-0.39, 0.29) is 5.57 Å². The molecule has 6 nitrogen and oxygen atoms in total. The average molecular weight is 484 g/mol. The highest BCUT2D eigenvalue weighted by atomic mass is 79.9. The summed E-state index contributed by atoms with van der Waals surface area (Å²) in [5, 5.41) is 12.6. The van der Waals surface area contributed by atoms with Crippen LogP contribution in [0.25, 0.3) is 6.08 Å². The Morgan fingerprint density at radius 1 is 1.20 bits per heavy atom. The summed E-state index contributed by atoms with van der Waals surface area (Å²) < 4.78 is 11.5. The number of hydrogen-bond acceptors (Lipinski definition) is 6. The first-order valence-corrected chi connectivity index (χ1v) is 10.5. The van der Waals surface area contributed by atoms with Gasteiger partial charge in [0.15, 0.2) is 16.6 Å². The van der Waals surface area contributed by atoms with E-state index in [0.29, 0.717) is 28.6 Å². The van der Waals surface area contributed by atoms with Crippen molar-refractivity contribution in [2.75, 3.05) is 19.5 Å². The van der Waals surface area contributed by atoms with Crippen molar-refractivity contribution < 1.29 is 14.3 Å². The molecule has 0 radical (unpaired) electrons. The van der Waals surface area contributed by atoms with Crippen LogP contribution >= 0.6 is 27.3 Å². The number of benzene rings is 2. The van der Waals surface area contributed by atoms with Gasteiger partial charge in [0, 0.05) is 22.0 Å². The highest BCUT2D eigenvalue weighted by Crippen LogP contribution is 2.28. The summed E-state index contributed by atoms with van der Waals surface area (Å²) in [6.07, 6.45) is 3.94. The number of hydrogen-bond donors (Lipinski definition) is 1. The number of aromatic nitrogens is 1.